The third-order valence-corrected chi connectivity index (χ3v) is 6.41. The largest absolute Gasteiger partial charge is 0.444 e. The van der Waals surface area contributed by atoms with E-state index in [4.69, 9.17) is 4.74 Å². The zero-order chi connectivity index (χ0) is 20.3. The van der Waals surface area contributed by atoms with Crippen LogP contribution in [-0.2, 0) is 14.6 Å². The Bertz CT molecular complexity index is 816. The van der Waals surface area contributed by atoms with E-state index in [1.807, 2.05) is 11.8 Å². The van der Waals surface area contributed by atoms with Gasteiger partial charge in [-0.3, -0.25) is 4.90 Å². The predicted octanol–water partition coefficient (Wildman–Crippen LogP) is 2.25. The monoisotopic (exact) mass is 409 g/mol. The molecule has 9 heteroatoms. The van der Waals surface area contributed by atoms with Crippen LogP contribution in [-0.4, -0.2) is 64.0 Å². The lowest BCUT2D eigenvalue weighted by Crippen LogP contribution is -2.44. The average Bonchev–Trinajstić information content (AvgIpc) is 3.02. The first kappa shape index (κ1) is 20.4. The summed E-state index contributed by atoms with van der Waals surface area (Å²) in [6, 6.07) is 6.25. The zero-order valence-electron chi connectivity index (χ0n) is 16.3. The minimum absolute atomic E-state index is 0.0167. The number of nitrogens with one attached hydrogen (secondary N) is 1. The first-order valence-corrected chi connectivity index (χ1v) is 11.5. The van der Waals surface area contributed by atoms with Gasteiger partial charge in [0.15, 0.2) is 9.84 Å². The number of sulfone groups is 1. The summed E-state index contributed by atoms with van der Waals surface area (Å²) in [5.74, 6) is 0.413. The molecule has 1 atom stereocenters. The molecule has 1 aromatic carbocycles. The Balaban J connectivity index is 1.53. The van der Waals surface area contributed by atoms with Crippen molar-refractivity contribution in [2.45, 2.75) is 37.2 Å². The van der Waals surface area contributed by atoms with Crippen LogP contribution in [0.2, 0.25) is 0 Å². The van der Waals surface area contributed by atoms with E-state index >= 15 is 0 Å². The van der Waals surface area contributed by atoms with Gasteiger partial charge in [0.25, 0.3) is 0 Å². The second-order valence-electron chi connectivity index (χ2n) is 7.38. The molecule has 1 unspecified atom stereocenters. The van der Waals surface area contributed by atoms with Crippen molar-refractivity contribution < 1.29 is 22.7 Å². The van der Waals surface area contributed by atoms with Gasteiger partial charge in [-0.2, -0.15) is 0 Å². The van der Waals surface area contributed by atoms with Gasteiger partial charge in [-0.1, -0.05) is 0 Å². The van der Waals surface area contributed by atoms with Crippen molar-refractivity contribution in [2.75, 3.05) is 37.3 Å². The van der Waals surface area contributed by atoms with Crippen LogP contribution < -0.4 is 10.2 Å². The van der Waals surface area contributed by atoms with Crippen molar-refractivity contribution in [3.05, 3.63) is 24.3 Å². The van der Waals surface area contributed by atoms with Gasteiger partial charge in [0.05, 0.1) is 11.4 Å². The van der Waals surface area contributed by atoms with Gasteiger partial charge in [0.2, 0.25) is 0 Å². The van der Waals surface area contributed by atoms with E-state index in [1.165, 1.54) is 12.1 Å². The highest BCUT2D eigenvalue weighted by molar-refractivity contribution is 7.90. The van der Waals surface area contributed by atoms with E-state index in [-0.39, 0.29) is 17.0 Å². The molecule has 0 bridgehead atoms. The fourth-order valence-electron chi connectivity index (χ4n) is 3.73. The number of rotatable bonds is 5. The highest BCUT2D eigenvalue weighted by Crippen LogP contribution is 2.29. The second kappa shape index (κ2) is 8.38. The maximum atomic E-state index is 12.2. The van der Waals surface area contributed by atoms with Crippen molar-refractivity contribution in [1.82, 2.24) is 10.2 Å². The van der Waals surface area contributed by atoms with Crippen LogP contribution in [0.3, 0.4) is 0 Å². The predicted molar refractivity (Wildman–Crippen MR) is 105 cm³/mol. The van der Waals surface area contributed by atoms with E-state index in [1.54, 1.807) is 17.0 Å². The Morgan fingerprint density at radius 2 is 1.86 bits per heavy atom. The maximum Gasteiger partial charge on any atom is 0.414 e. The molecule has 8 nitrogen and oxygen atoms in total. The summed E-state index contributed by atoms with van der Waals surface area (Å²) in [4.78, 5) is 27.7. The molecule has 2 fully saturated rings. The number of cyclic esters (lactones) is 1. The Morgan fingerprint density at radius 3 is 2.43 bits per heavy atom. The third-order valence-electron chi connectivity index (χ3n) is 5.28. The molecule has 1 N–H and O–H groups in total. The van der Waals surface area contributed by atoms with Crippen LogP contribution in [0, 0.1) is 5.92 Å². The number of carbonyl (C=O) groups excluding carboxylic acids is 2. The maximum absolute atomic E-state index is 12.2. The normalized spacial score (nSPS) is 20.9. The smallest absolute Gasteiger partial charge is 0.414 e. The van der Waals surface area contributed by atoms with Crippen LogP contribution in [0.25, 0.3) is 0 Å². The highest BCUT2D eigenvalue weighted by Gasteiger charge is 2.35. The molecular weight excluding hydrogens is 382 g/mol. The third kappa shape index (κ3) is 4.76. The molecule has 2 saturated heterocycles. The molecule has 0 aromatic heterocycles. The first-order valence-electron chi connectivity index (χ1n) is 9.59. The lowest BCUT2D eigenvalue weighted by molar-refractivity contribution is 0.110. The second-order valence-corrected chi connectivity index (χ2v) is 9.40. The first-order chi connectivity index (χ1) is 13.3. The van der Waals surface area contributed by atoms with E-state index in [2.05, 4.69) is 5.32 Å². The van der Waals surface area contributed by atoms with Crippen LogP contribution in [0.15, 0.2) is 29.2 Å². The summed E-state index contributed by atoms with van der Waals surface area (Å²) >= 11 is 0. The fraction of sp³-hybridized carbons (Fsp3) is 0.579. The quantitative estimate of drug-likeness (QED) is 0.805. The van der Waals surface area contributed by atoms with E-state index in [9.17, 15) is 18.0 Å². The molecule has 0 spiro atoms. The topological polar surface area (TPSA) is 96.0 Å². The van der Waals surface area contributed by atoms with Gasteiger partial charge in [0, 0.05) is 31.6 Å². The zero-order valence-corrected chi connectivity index (χ0v) is 17.1. The molecule has 3 rings (SSSR count). The summed E-state index contributed by atoms with van der Waals surface area (Å²) in [6.07, 6.45) is 3.12. The number of ether oxygens (including phenoxy) is 1. The summed E-state index contributed by atoms with van der Waals surface area (Å²) in [6.45, 7) is 4.41. The molecule has 2 heterocycles. The van der Waals surface area contributed by atoms with Crippen molar-refractivity contribution in [3.63, 3.8) is 0 Å². The number of piperidine rings is 1. The molecule has 0 saturated carbocycles. The number of amides is 3. The van der Waals surface area contributed by atoms with Gasteiger partial charge >= 0.3 is 12.1 Å². The molecule has 1 aromatic rings. The van der Waals surface area contributed by atoms with Gasteiger partial charge < -0.3 is 15.0 Å². The van der Waals surface area contributed by atoms with E-state index < -0.39 is 15.9 Å². The van der Waals surface area contributed by atoms with Crippen LogP contribution in [0.4, 0.5) is 15.3 Å². The number of hydrogen-bond acceptors (Lipinski definition) is 5. The van der Waals surface area contributed by atoms with Gasteiger partial charge in [0.1, 0.15) is 6.10 Å². The Morgan fingerprint density at radius 1 is 1.21 bits per heavy atom. The van der Waals surface area contributed by atoms with E-state index in [0.717, 1.165) is 25.5 Å². The molecule has 3 amide bonds. The van der Waals surface area contributed by atoms with Gasteiger partial charge in [-0.15, -0.1) is 0 Å². The van der Waals surface area contributed by atoms with Crippen molar-refractivity contribution >= 4 is 27.6 Å². The molecule has 2 aliphatic heterocycles. The minimum atomic E-state index is -3.27. The van der Waals surface area contributed by atoms with Crippen LogP contribution in [0.5, 0.6) is 0 Å². The Labute approximate surface area is 165 Å². The molecule has 0 aliphatic carbocycles. The van der Waals surface area contributed by atoms with Crippen molar-refractivity contribution in [2.24, 2.45) is 5.92 Å². The molecular formula is C19H27N3O5S. The van der Waals surface area contributed by atoms with Crippen LogP contribution >= 0.6 is 0 Å². The summed E-state index contributed by atoms with van der Waals surface area (Å²) in [7, 11) is -3.27. The lowest BCUT2D eigenvalue weighted by atomic mass is 9.91. The van der Waals surface area contributed by atoms with Gasteiger partial charge in [-0.25, -0.2) is 18.0 Å². The van der Waals surface area contributed by atoms with Crippen molar-refractivity contribution in [3.8, 4) is 0 Å². The van der Waals surface area contributed by atoms with E-state index in [0.29, 0.717) is 37.8 Å². The van der Waals surface area contributed by atoms with Crippen molar-refractivity contribution in [1.29, 1.82) is 0 Å². The number of nitrogens with zero attached hydrogens (tertiary/aromatic N) is 2. The number of hydrogen-bond donors (Lipinski definition) is 1. The Hall–Kier alpha value is -2.29. The summed E-state index contributed by atoms with van der Waals surface area (Å²) < 4.78 is 28.7. The minimum Gasteiger partial charge on any atom is -0.444 e. The molecule has 0 radical (unpaired) electrons. The number of likely N-dealkylation sites (tertiary alicyclic amines) is 1. The van der Waals surface area contributed by atoms with Gasteiger partial charge in [-0.05, 0) is 56.4 Å². The van der Waals surface area contributed by atoms with Crippen LogP contribution in [0.1, 0.15) is 26.2 Å². The number of anilines is 1. The summed E-state index contributed by atoms with van der Waals surface area (Å²) in [5, 5.41) is 2.82. The highest BCUT2D eigenvalue weighted by atomic mass is 32.2. The average molecular weight is 410 g/mol. The lowest BCUT2D eigenvalue weighted by Gasteiger charge is -2.32. The standard InChI is InChI=1S/C19H27N3O5S/c1-3-20-18(23)21-10-8-14(9-11-21)12-16-13-22(19(24)27-16)15-4-6-17(7-5-15)28(2,25)26/h4-7,14,16H,3,8-13H2,1-2H3,(H,20,23). The number of carbonyl (C=O) groups is 2. The molecule has 28 heavy (non-hydrogen) atoms. The fourth-order valence-corrected chi connectivity index (χ4v) is 4.37. The molecule has 154 valence electrons. The summed E-state index contributed by atoms with van der Waals surface area (Å²) in [5.41, 5.74) is 0.631. The number of urea groups is 1. The number of benzene rings is 1. The SMILES string of the molecule is CCNC(=O)N1CCC(CC2CN(c3ccc(S(C)(=O)=O)cc3)C(=O)O2)CC1. The molecule has 2 aliphatic rings. The Kier molecular flexibility index (Phi) is 6.12.